The van der Waals surface area contributed by atoms with Crippen LogP contribution in [-0.4, -0.2) is 4.92 Å². The van der Waals surface area contributed by atoms with Crippen LogP contribution in [0.1, 0.15) is 4.88 Å². The summed E-state index contributed by atoms with van der Waals surface area (Å²) in [6, 6.07) is 11.0. The van der Waals surface area contributed by atoms with Crippen molar-refractivity contribution in [3.63, 3.8) is 0 Å². The molecule has 0 atom stereocenters. The first-order valence-corrected chi connectivity index (χ1v) is 7.14. The molecule has 1 aromatic heterocycles. The Labute approximate surface area is 120 Å². The fraction of sp³-hybridized carbons (Fsp3) is 0. The Morgan fingerprint density at radius 3 is 2.83 bits per heavy atom. The van der Waals surface area contributed by atoms with Crippen LogP contribution in [0, 0.1) is 21.4 Å². The SMILES string of the molecule is N#Cc1cc(Sc2cccc(Br)c2)c([N+](=O)[O-])s1. The lowest BCUT2D eigenvalue weighted by molar-refractivity contribution is -0.382. The third kappa shape index (κ3) is 2.90. The van der Waals surface area contributed by atoms with Crippen LogP contribution in [0.25, 0.3) is 0 Å². The van der Waals surface area contributed by atoms with Crippen molar-refractivity contribution in [2.24, 2.45) is 0 Å². The molecule has 0 bridgehead atoms. The molecule has 0 N–H and O–H groups in total. The molecule has 2 rings (SSSR count). The largest absolute Gasteiger partial charge is 0.339 e. The van der Waals surface area contributed by atoms with Gasteiger partial charge in [-0.3, -0.25) is 10.1 Å². The predicted octanol–water partition coefficient (Wildman–Crippen LogP) is 4.44. The Bertz CT molecular complexity index is 649. The molecule has 0 spiro atoms. The number of halogens is 1. The maximum Gasteiger partial charge on any atom is 0.339 e. The van der Waals surface area contributed by atoms with Gasteiger partial charge in [-0.1, -0.05) is 45.1 Å². The first kappa shape index (κ1) is 13.1. The van der Waals surface area contributed by atoms with Crippen molar-refractivity contribution in [3.8, 4) is 6.07 Å². The standard InChI is InChI=1S/C11H5BrN2O2S2/c12-7-2-1-3-8(4-7)17-10-5-9(6-13)18-11(10)14(15)16/h1-5H. The number of thiophene rings is 1. The molecule has 4 nitrogen and oxygen atoms in total. The van der Waals surface area contributed by atoms with Gasteiger partial charge in [0.05, 0.1) is 4.92 Å². The number of rotatable bonds is 3. The van der Waals surface area contributed by atoms with Crippen LogP contribution in [0.2, 0.25) is 0 Å². The van der Waals surface area contributed by atoms with Crippen molar-refractivity contribution < 1.29 is 4.92 Å². The molecule has 0 unspecified atom stereocenters. The molecule has 0 radical (unpaired) electrons. The van der Waals surface area contributed by atoms with Crippen LogP contribution in [0.15, 0.2) is 44.6 Å². The van der Waals surface area contributed by atoms with Crippen molar-refractivity contribution >= 4 is 44.0 Å². The normalized spacial score (nSPS) is 10.0. The van der Waals surface area contributed by atoms with Crippen molar-refractivity contribution in [1.29, 1.82) is 5.26 Å². The van der Waals surface area contributed by atoms with Gasteiger partial charge in [0.15, 0.2) is 0 Å². The van der Waals surface area contributed by atoms with Gasteiger partial charge in [0.2, 0.25) is 0 Å². The minimum Gasteiger partial charge on any atom is -0.258 e. The lowest BCUT2D eigenvalue weighted by Crippen LogP contribution is -1.84. The second kappa shape index (κ2) is 5.52. The van der Waals surface area contributed by atoms with Crippen LogP contribution in [0.5, 0.6) is 0 Å². The number of nitrogens with zero attached hydrogens (tertiary/aromatic N) is 2. The minimum atomic E-state index is -0.453. The molecule has 0 amide bonds. The number of hydrogen-bond acceptors (Lipinski definition) is 5. The Hall–Kier alpha value is -1.36. The highest BCUT2D eigenvalue weighted by molar-refractivity contribution is 9.10. The van der Waals surface area contributed by atoms with Crippen molar-refractivity contribution in [3.05, 3.63) is 49.8 Å². The van der Waals surface area contributed by atoms with Crippen molar-refractivity contribution in [2.75, 3.05) is 0 Å². The summed E-state index contributed by atoms with van der Waals surface area (Å²) in [7, 11) is 0. The van der Waals surface area contributed by atoms with E-state index < -0.39 is 4.92 Å². The maximum atomic E-state index is 10.9. The molecular weight excluding hydrogens is 336 g/mol. The van der Waals surface area contributed by atoms with Crippen LogP contribution in [-0.2, 0) is 0 Å². The molecule has 1 aromatic carbocycles. The third-order valence-electron chi connectivity index (χ3n) is 1.98. The summed E-state index contributed by atoms with van der Waals surface area (Å²) in [6.45, 7) is 0. The van der Waals surface area contributed by atoms with E-state index in [1.54, 1.807) is 6.07 Å². The molecule has 2 aromatic rings. The second-order valence-electron chi connectivity index (χ2n) is 3.21. The molecule has 18 heavy (non-hydrogen) atoms. The fourth-order valence-electron chi connectivity index (χ4n) is 1.28. The van der Waals surface area contributed by atoms with E-state index in [4.69, 9.17) is 5.26 Å². The quantitative estimate of drug-likeness (QED) is 0.611. The Balaban J connectivity index is 2.37. The molecule has 0 saturated heterocycles. The van der Waals surface area contributed by atoms with E-state index in [0.29, 0.717) is 9.77 Å². The second-order valence-corrected chi connectivity index (χ2v) is 6.27. The molecule has 0 saturated carbocycles. The van der Waals surface area contributed by atoms with E-state index >= 15 is 0 Å². The number of benzene rings is 1. The van der Waals surface area contributed by atoms with Crippen LogP contribution in [0.3, 0.4) is 0 Å². The molecule has 0 aliphatic heterocycles. The lowest BCUT2D eigenvalue weighted by Gasteiger charge is -1.99. The summed E-state index contributed by atoms with van der Waals surface area (Å²) in [4.78, 5) is 12.2. The zero-order valence-corrected chi connectivity index (χ0v) is 12.0. The first-order chi connectivity index (χ1) is 8.60. The Kier molecular flexibility index (Phi) is 4.01. The highest BCUT2D eigenvalue weighted by Gasteiger charge is 2.20. The summed E-state index contributed by atoms with van der Waals surface area (Å²) < 4.78 is 0.908. The minimum absolute atomic E-state index is 0.0107. The number of nitro groups is 1. The Morgan fingerprint density at radius 2 is 2.22 bits per heavy atom. The van der Waals surface area contributed by atoms with Crippen molar-refractivity contribution in [1.82, 2.24) is 0 Å². The smallest absolute Gasteiger partial charge is 0.258 e. The summed E-state index contributed by atoms with van der Waals surface area (Å²) in [5.74, 6) is 0. The molecule has 0 fully saturated rings. The van der Waals surface area contributed by atoms with Gasteiger partial charge in [0.25, 0.3) is 0 Å². The Morgan fingerprint density at radius 1 is 1.44 bits per heavy atom. The molecule has 0 aliphatic rings. The van der Waals surface area contributed by atoms with Gasteiger partial charge < -0.3 is 0 Å². The highest BCUT2D eigenvalue weighted by Crippen LogP contribution is 2.41. The van der Waals surface area contributed by atoms with Crippen LogP contribution < -0.4 is 0 Å². The predicted molar refractivity (Wildman–Crippen MR) is 74.0 cm³/mol. The molecular formula is C11H5BrN2O2S2. The van der Waals surface area contributed by atoms with Crippen molar-refractivity contribution in [2.45, 2.75) is 9.79 Å². The average molecular weight is 341 g/mol. The molecule has 1 heterocycles. The van der Waals surface area contributed by atoms with E-state index in [2.05, 4.69) is 15.9 Å². The van der Waals surface area contributed by atoms with E-state index in [9.17, 15) is 10.1 Å². The number of nitriles is 1. The van der Waals surface area contributed by atoms with Crippen LogP contribution in [0.4, 0.5) is 5.00 Å². The highest BCUT2D eigenvalue weighted by atomic mass is 79.9. The summed E-state index contributed by atoms with van der Waals surface area (Å²) in [5.41, 5.74) is 0. The summed E-state index contributed by atoms with van der Waals surface area (Å²) in [5, 5.41) is 19.7. The zero-order valence-electron chi connectivity index (χ0n) is 8.79. The van der Waals surface area contributed by atoms with Gasteiger partial charge in [-0.15, -0.1) is 0 Å². The zero-order chi connectivity index (χ0) is 13.1. The maximum absolute atomic E-state index is 10.9. The van der Waals surface area contributed by atoms with Gasteiger partial charge in [-0.25, -0.2) is 0 Å². The van der Waals surface area contributed by atoms with Gasteiger partial charge in [0, 0.05) is 9.37 Å². The van der Waals surface area contributed by atoms with Gasteiger partial charge in [0.1, 0.15) is 15.8 Å². The first-order valence-electron chi connectivity index (χ1n) is 4.72. The average Bonchev–Trinajstić information content (AvgIpc) is 2.72. The molecule has 7 heteroatoms. The van der Waals surface area contributed by atoms with E-state index in [1.807, 2.05) is 30.3 Å². The van der Waals surface area contributed by atoms with E-state index in [-0.39, 0.29) is 5.00 Å². The molecule has 90 valence electrons. The third-order valence-corrected chi connectivity index (χ3v) is 4.61. The van der Waals surface area contributed by atoms with Gasteiger partial charge >= 0.3 is 5.00 Å². The van der Waals surface area contributed by atoms with Gasteiger partial charge in [-0.05, 0) is 24.3 Å². The summed E-state index contributed by atoms with van der Waals surface area (Å²) in [6.07, 6.45) is 0. The fourth-order valence-corrected chi connectivity index (χ4v) is 3.74. The van der Waals surface area contributed by atoms with E-state index in [1.165, 1.54) is 11.8 Å². The number of hydrogen-bond donors (Lipinski definition) is 0. The van der Waals surface area contributed by atoms with Crippen LogP contribution >= 0.6 is 39.0 Å². The monoisotopic (exact) mass is 340 g/mol. The topological polar surface area (TPSA) is 66.9 Å². The molecule has 0 aliphatic carbocycles. The van der Waals surface area contributed by atoms with Gasteiger partial charge in [-0.2, -0.15) is 5.26 Å². The van der Waals surface area contributed by atoms with E-state index in [0.717, 1.165) is 20.7 Å². The lowest BCUT2D eigenvalue weighted by atomic mass is 10.4. The summed E-state index contributed by atoms with van der Waals surface area (Å²) >= 11 is 5.52.